The van der Waals surface area contributed by atoms with Crippen LogP contribution < -0.4 is 10.6 Å². The lowest BCUT2D eigenvalue weighted by atomic mass is 9.70. The molecule has 1 saturated carbocycles. The largest absolute Gasteiger partial charge is 0.353 e. The molecule has 2 aliphatic rings. The highest BCUT2D eigenvalue weighted by Crippen LogP contribution is 2.37. The smallest absolute Gasteiger partial charge is 0.251 e. The standard InChI is InChI=1S/C22H27N3O2/c1-2-15-13-21(26)24-20-14-17(7-10-19(15)20)23-22(27)16-5-8-18(9-6-16)25-11-3-4-12-25/h3-6,8-9,11-12,15,17,19-20H,2,7,10,13-14H2,1H3,(H,23,27)(H,24,26). The van der Waals surface area contributed by atoms with Gasteiger partial charge in [-0.3, -0.25) is 9.59 Å². The van der Waals surface area contributed by atoms with Crippen molar-refractivity contribution in [3.05, 3.63) is 54.4 Å². The van der Waals surface area contributed by atoms with Crippen molar-refractivity contribution in [1.29, 1.82) is 0 Å². The topological polar surface area (TPSA) is 63.1 Å². The molecule has 2 N–H and O–H groups in total. The van der Waals surface area contributed by atoms with Crippen LogP contribution in [0.1, 0.15) is 49.4 Å². The number of nitrogens with zero attached hydrogens (tertiary/aromatic N) is 1. The van der Waals surface area contributed by atoms with E-state index in [1.54, 1.807) is 0 Å². The van der Waals surface area contributed by atoms with Crippen molar-refractivity contribution in [1.82, 2.24) is 15.2 Å². The Morgan fingerprint density at radius 3 is 2.63 bits per heavy atom. The Labute approximate surface area is 160 Å². The second-order valence-corrected chi connectivity index (χ2v) is 7.83. The van der Waals surface area contributed by atoms with Crippen LogP contribution in [-0.4, -0.2) is 28.5 Å². The van der Waals surface area contributed by atoms with E-state index in [2.05, 4.69) is 17.6 Å². The molecule has 2 fully saturated rings. The van der Waals surface area contributed by atoms with Crippen LogP contribution >= 0.6 is 0 Å². The van der Waals surface area contributed by atoms with Gasteiger partial charge in [0, 0.05) is 42.1 Å². The molecule has 2 amide bonds. The SMILES string of the molecule is CCC1CC(=O)NC2CC(NC(=O)c3ccc(-n4cccc4)cc3)CCC12. The molecule has 4 rings (SSSR count). The molecule has 2 aromatic rings. The first kappa shape index (κ1) is 17.8. The number of benzene rings is 1. The Hall–Kier alpha value is -2.56. The zero-order chi connectivity index (χ0) is 18.8. The Bertz CT molecular complexity index is 797. The highest BCUT2D eigenvalue weighted by atomic mass is 16.2. The first-order valence-electron chi connectivity index (χ1n) is 9.97. The number of carbonyl (C=O) groups is 2. The van der Waals surface area contributed by atoms with Crippen molar-refractivity contribution in [2.45, 2.75) is 51.1 Å². The van der Waals surface area contributed by atoms with Crippen LogP contribution in [0.2, 0.25) is 0 Å². The minimum absolute atomic E-state index is 0.0355. The summed E-state index contributed by atoms with van der Waals surface area (Å²) >= 11 is 0. The second-order valence-electron chi connectivity index (χ2n) is 7.83. The summed E-state index contributed by atoms with van der Waals surface area (Å²) in [7, 11) is 0. The van der Waals surface area contributed by atoms with Gasteiger partial charge in [-0.2, -0.15) is 0 Å². The van der Waals surface area contributed by atoms with Gasteiger partial charge in [-0.25, -0.2) is 0 Å². The molecule has 5 nitrogen and oxygen atoms in total. The summed E-state index contributed by atoms with van der Waals surface area (Å²) in [6.07, 6.45) is 8.56. The molecule has 142 valence electrons. The lowest BCUT2D eigenvalue weighted by molar-refractivity contribution is -0.127. The summed E-state index contributed by atoms with van der Waals surface area (Å²) < 4.78 is 2.01. The summed E-state index contributed by atoms with van der Waals surface area (Å²) in [4.78, 5) is 24.6. The van der Waals surface area contributed by atoms with Gasteiger partial charge in [0.1, 0.15) is 0 Å². The highest BCUT2D eigenvalue weighted by Gasteiger charge is 2.40. The van der Waals surface area contributed by atoms with E-state index < -0.39 is 0 Å². The van der Waals surface area contributed by atoms with Crippen molar-refractivity contribution in [3.8, 4) is 5.69 Å². The van der Waals surface area contributed by atoms with Gasteiger partial charge in [-0.05, 0) is 67.5 Å². The van der Waals surface area contributed by atoms with Crippen LogP contribution in [-0.2, 0) is 4.79 Å². The average molecular weight is 365 g/mol. The molecule has 5 heteroatoms. The highest BCUT2D eigenvalue weighted by molar-refractivity contribution is 5.94. The summed E-state index contributed by atoms with van der Waals surface area (Å²) in [5, 5.41) is 6.33. The number of amides is 2. The molecule has 4 unspecified atom stereocenters. The van der Waals surface area contributed by atoms with E-state index >= 15 is 0 Å². The number of fused-ring (bicyclic) bond motifs is 1. The maximum Gasteiger partial charge on any atom is 0.251 e. The number of hydrogen-bond acceptors (Lipinski definition) is 2. The molecule has 1 aliphatic heterocycles. The molecule has 1 aromatic carbocycles. The molecule has 0 radical (unpaired) electrons. The number of hydrogen-bond donors (Lipinski definition) is 2. The van der Waals surface area contributed by atoms with Crippen LogP contribution in [0.15, 0.2) is 48.8 Å². The monoisotopic (exact) mass is 365 g/mol. The fraction of sp³-hybridized carbons (Fsp3) is 0.455. The van der Waals surface area contributed by atoms with Gasteiger partial charge >= 0.3 is 0 Å². The number of aromatic nitrogens is 1. The van der Waals surface area contributed by atoms with Crippen molar-refractivity contribution >= 4 is 11.8 Å². The van der Waals surface area contributed by atoms with Crippen LogP contribution in [0.3, 0.4) is 0 Å². The van der Waals surface area contributed by atoms with Gasteiger partial charge in [-0.15, -0.1) is 0 Å². The van der Waals surface area contributed by atoms with E-state index in [1.165, 1.54) is 0 Å². The van der Waals surface area contributed by atoms with Gasteiger partial charge in [0.2, 0.25) is 5.91 Å². The molecule has 1 aliphatic carbocycles. The van der Waals surface area contributed by atoms with Crippen LogP contribution in [0, 0.1) is 11.8 Å². The molecule has 27 heavy (non-hydrogen) atoms. The number of rotatable bonds is 4. The van der Waals surface area contributed by atoms with Crippen molar-refractivity contribution in [2.24, 2.45) is 11.8 Å². The quantitative estimate of drug-likeness (QED) is 0.873. The van der Waals surface area contributed by atoms with Crippen LogP contribution in [0.4, 0.5) is 0 Å². The van der Waals surface area contributed by atoms with Crippen LogP contribution in [0.5, 0.6) is 0 Å². The third-order valence-electron chi connectivity index (χ3n) is 6.19. The lowest BCUT2D eigenvalue weighted by Gasteiger charge is -2.44. The van der Waals surface area contributed by atoms with Crippen molar-refractivity contribution in [2.75, 3.05) is 0 Å². The summed E-state index contributed by atoms with van der Waals surface area (Å²) in [5.41, 5.74) is 1.71. The Balaban J connectivity index is 1.38. The van der Waals surface area contributed by atoms with Crippen LogP contribution in [0.25, 0.3) is 5.69 Å². The minimum atomic E-state index is -0.0355. The van der Waals surface area contributed by atoms with Gasteiger partial charge in [0.05, 0.1) is 0 Å². The van der Waals surface area contributed by atoms with E-state index in [4.69, 9.17) is 0 Å². The molecular formula is C22H27N3O2. The first-order chi connectivity index (χ1) is 13.1. The zero-order valence-electron chi connectivity index (χ0n) is 15.7. The average Bonchev–Trinajstić information content (AvgIpc) is 3.22. The van der Waals surface area contributed by atoms with Gasteiger partial charge < -0.3 is 15.2 Å². The van der Waals surface area contributed by atoms with E-state index in [-0.39, 0.29) is 23.9 Å². The lowest BCUT2D eigenvalue weighted by Crippen LogP contribution is -2.55. The Morgan fingerprint density at radius 1 is 1.19 bits per heavy atom. The van der Waals surface area contributed by atoms with Gasteiger partial charge in [0.15, 0.2) is 0 Å². The second kappa shape index (κ2) is 7.59. The number of nitrogens with one attached hydrogen (secondary N) is 2. The predicted octanol–water partition coefficient (Wildman–Crippen LogP) is 3.29. The molecule has 0 bridgehead atoms. The predicted molar refractivity (Wildman–Crippen MR) is 105 cm³/mol. The van der Waals surface area contributed by atoms with E-state index in [9.17, 15) is 9.59 Å². The van der Waals surface area contributed by atoms with E-state index in [0.29, 0.717) is 23.8 Å². The molecule has 2 heterocycles. The fourth-order valence-corrected chi connectivity index (χ4v) is 4.72. The van der Waals surface area contributed by atoms with Crippen molar-refractivity contribution < 1.29 is 9.59 Å². The fourth-order valence-electron chi connectivity index (χ4n) is 4.72. The first-order valence-corrected chi connectivity index (χ1v) is 9.97. The number of piperidine rings is 1. The molecule has 0 spiro atoms. The summed E-state index contributed by atoms with van der Waals surface area (Å²) in [6, 6.07) is 11.9. The Morgan fingerprint density at radius 2 is 1.93 bits per heavy atom. The molecular weight excluding hydrogens is 338 g/mol. The molecule has 1 saturated heterocycles. The van der Waals surface area contributed by atoms with Gasteiger partial charge in [0.25, 0.3) is 5.91 Å². The number of carbonyl (C=O) groups excluding carboxylic acids is 2. The summed E-state index contributed by atoms with van der Waals surface area (Å²) in [5.74, 6) is 1.17. The Kier molecular flexibility index (Phi) is 5.01. The van der Waals surface area contributed by atoms with Crippen molar-refractivity contribution in [3.63, 3.8) is 0 Å². The zero-order valence-corrected chi connectivity index (χ0v) is 15.7. The van der Waals surface area contributed by atoms with Gasteiger partial charge in [-0.1, -0.05) is 13.3 Å². The third-order valence-corrected chi connectivity index (χ3v) is 6.19. The normalized spacial score (nSPS) is 27.5. The minimum Gasteiger partial charge on any atom is -0.353 e. The molecule has 1 aromatic heterocycles. The maximum absolute atomic E-state index is 12.7. The summed E-state index contributed by atoms with van der Waals surface area (Å²) in [6.45, 7) is 2.17. The molecule has 4 atom stereocenters. The van der Waals surface area contributed by atoms with E-state index in [1.807, 2.05) is 53.4 Å². The third kappa shape index (κ3) is 3.77. The van der Waals surface area contributed by atoms with E-state index in [0.717, 1.165) is 31.4 Å². The maximum atomic E-state index is 12.7.